The lowest BCUT2D eigenvalue weighted by Gasteiger charge is -2.15. The van der Waals surface area contributed by atoms with Gasteiger partial charge in [0.1, 0.15) is 5.56 Å². The maximum absolute atomic E-state index is 12.9. The Hall–Kier alpha value is -2.29. The van der Waals surface area contributed by atoms with Crippen molar-refractivity contribution in [2.45, 2.75) is 37.0 Å². The van der Waals surface area contributed by atoms with E-state index in [2.05, 4.69) is 9.72 Å². The molecule has 1 aliphatic carbocycles. The number of esters is 1. The first-order valence-electron chi connectivity index (χ1n) is 8.82. The number of nitrogens with zero attached hydrogens (tertiary/aromatic N) is 2. The number of carbonyl (C=O) groups is 1. The monoisotopic (exact) mass is 412 g/mol. The van der Waals surface area contributed by atoms with Gasteiger partial charge in [0, 0.05) is 5.75 Å². The molecule has 0 bridgehead atoms. The average Bonchev–Trinajstić information content (AvgIpc) is 3.19. The first-order valence-corrected chi connectivity index (χ1v) is 9.80. The third-order valence-electron chi connectivity index (χ3n) is 4.71. The lowest BCUT2D eigenvalue weighted by atomic mass is 10.1. The van der Waals surface area contributed by atoms with Crippen LogP contribution >= 0.6 is 11.8 Å². The van der Waals surface area contributed by atoms with Gasteiger partial charge in [-0.05, 0) is 43.0 Å². The summed E-state index contributed by atoms with van der Waals surface area (Å²) in [5.74, 6) is 0.429. The number of thioether (sulfide) groups is 1. The van der Waals surface area contributed by atoms with Gasteiger partial charge < -0.3 is 4.74 Å². The zero-order valence-electron chi connectivity index (χ0n) is 15.2. The van der Waals surface area contributed by atoms with Gasteiger partial charge in [-0.25, -0.2) is 9.78 Å². The highest BCUT2D eigenvalue weighted by Gasteiger charge is 2.30. The fourth-order valence-corrected chi connectivity index (χ4v) is 4.35. The van der Waals surface area contributed by atoms with Crippen molar-refractivity contribution in [1.82, 2.24) is 9.55 Å². The second-order valence-corrected chi connectivity index (χ2v) is 7.58. The van der Waals surface area contributed by atoms with Gasteiger partial charge >= 0.3 is 12.1 Å². The minimum absolute atomic E-state index is 0.213. The van der Waals surface area contributed by atoms with Crippen molar-refractivity contribution in [3.05, 3.63) is 51.9 Å². The lowest BCUT2D eigenvalue weighted by molar-refractivity contribution is -0.137. The SMILES string of the molecule is COC(=O)c1cnc(SCC2CCCC2)n(-c2ccc(C(F)(F)F)cc2)c1=O. The van der Waals surface area contributed by atoms with E-state index < -0.39 is 23.3 Å². The van der Waals surface area contributed by atoms with E-state index in [0.717, 1.165) is 44.0 Å². The molecule has 1 fully saturated rings. The Morgan fingerprint density at radius 2 is 1.89 bits per heavy atom. The van der Waals surface area contributed by atoms with Crippen molar-refractivity contribution < 1.29 is 22.7 Å². The molecule has 0 spiro atoms. The molecule has 3 rings (SSSR count). The summed E-state index contributed by atoms with van der Waals surface area (Å²) in [6.45, 7) is 0. The van der Waals surface area contributed by atoms with Crippen LogP contribution < -0.4 is 5.56 Å². The molecule has 1 aliphatic rings. The maximum Gasteiger partial charge on any atom is 0.416 e. The first kappa shape index (κ1) is 20.4. The highest BCUT2D eigenvalue weighted by Crippen LogP contribution is 2.32. The number of rotatable bonds is 5. The summed E-state index contributed by atoms with van der Waals surface area (Å²) in [6.07, 6.45) is 1.24. The molecule has 0 unspecified atom stereocenters. The van der Waals surface area contributed by atoms with Gasteiger partial charge in [-0.2, -0.15) is 13.2 Å². The number of hydrogen-bond donors (Lipinski definition) is 0. The predicted octanol–water partition coefficient (Wildman–Crippen LogP) is 4.32. The molecule has 1 aromatic carbocycles. The van der Waals surface area contributed by atoms with Gasteiger partial charge in [0.2, 0.25) is 0 Å². The van der Waals surface area contributed by atoms with E-state index in [1.54, 1.807) is 0 Å². The van der Waals surface area contributed by atoms with Gasteiger partial charge in [-0.1, -0.05) is 24.6 Å². The smallest absolute Gasteiger partial charge is 0.416 e. The van der Waals surface area contributed by atoms with Crippen LogP contribution in [-0.2, 0) is 10.9 Å². The lowest BCUT2D eigenvalue weighted by Crippen LogP contribution is -2.28. The Kier molecular flexibility index (Phi) is 6.12. The number of halogens is 3. The van der Waals surface area contributed by atoms with E-state index in [-0.39, 0.29) is 11.3 Å². The molecule has 1 heterocycles. The van der Waals surface area contributed by atoms with Crippen molar-refractivity contribution in [2.75, 3.05) is 12.9 Å². The fraction of sp³-hybridized carbons (Fsp3) is 0.421. The van der Waals surface area contributed by atoms with Crippen LogP contribution in [0, 0.1) is 5.92 Å². The van der Waals surface area contributed by atoms with Crippen LogP contribution in [-0.4, -0.2) is 28.4 Å². The third-order valence-corrected chi connectivity index (χ3v) is 5.89. The van der Waals surface area contributed by atoms with Gasteiger partial charge in [-0.15, -0.1) is 0 Å². The van der Waals surface area contributed by atoms with Crippen molar-refractivity contribution in [3.8, 4) is 5.69 Å². The van der Waals surface area contributed by atoms with Gasteiger partial charge in [0.25, 0.3) is 5.56 Å². The molecule has 28 heavy (non-hydrogen) atoms. The highest BCUT2D eigenvalue weighted by atomic mass is 32.2. The van der Waals surface area contributed by atoms with Crippen LogP contribution in [0.25, 0.3) is 5.69 Å². The van der Waals surface area contributed by atoms with Gasteiger partial charge in [0.15, 0.2) is 5.16 Å². The number of benzene rings is 1. The standard InChI is InChI=1S/C19H19F3N2O3S/c1-27-17(26)15-10-23-18(28-11-12-4-2-3-5-12)24(16(15)25)14-8-6-13(7-9-14)19(20,21)22/h6-10,12H,2-5,11H2,1H3. The number of hydrogen-bond acceptors (Lipinski definition) is 5. The molecule has 1 aromatic heterocycles. The van der Waals surface area contributed by atoms with E-state index >= 15 is 0 Å². The summed E-state index contributed by atoms with van der Waals surface area (Å²) >= 11 is 1.37. The van der Waals surface area contributed by atoms with Crippen LogP contribution in [0.2, 0.25) is 0 Å². The van der Waals surface area contributed by atoms with Crippen molar-refractivity contribution in [2.24, 2.45) is 5.92 Å². The molecule has 2 aromatic rings. The Morgan fingerprint density at radius 1 is 1.25 bits per heavy atom. The molecule has 1 saturated carbocycles. The van der Waals surface area contributed by atoms with E-state index in [9.17, 15) is 22.8 Å². The number of carbonyl (C=O) groups excluding carboxylic acids is 1. The largest absolute Gasteiger partial charge is 0.465 e. The zero-order chi connectivity index (χ0) is 20.3. The average molecular weight is 412 g/mol. The molecule has 0 amide bonds. The van der Waals surface area contributed by atoms with Gasteiger partial charge in [-0.3, -0.25) is 9.36 Å². The first-order chi connectivity index (χ1) is 13.3. The van der Waals surface area contributed by atoms with Crippen LogP contribution in [0.15, 0.2) is 40.4 Å². The molecule has 0 N–H and O–H groups in total. The molecule has 9 heteroatoms. The molecule has 0 atom stereocenters. The summed E-state index contributed by atoms with van der Waals surface area (Å²) in [4.78, 5) is 28.9. The molecule has 5 nitrogen and oxygen atoms in total. The number of methoxy groups -OCH3 is 1. The quantitative estimate of drug-likeness (QED) is 0.416. The fourth-order valence-electron chi connectivity index (χ4n) is 3.19. The van der Waals surface area contributed by atoms with Crippen molar-refractivity contribution >= 4 is 17.7 Å². The van der Waals surface area contributed by atoms with E-state index in [1.165, 1.54) is 41.3 Å². The Morgan fingerprint density at radius 3 is 2.46 bits per heavy atom. The summed E-state index contributed by atoms with van der Waals surface area (Å²) in [7, 11) is 1.15. The third kappa shape index (κ3) is 4.40. The summed E-state index contributed by atoms with van der Waals surface area (Å²) in [5, 5.41) is 0.337. The van der Waals surface area contributed by atoms with Crippen LogP contribution in [0.1, 0.15) is 41.6 Å². The highest BCUT2D eigenvalue weighted by molar-refractivity contribution is 7.99. The summed E-state index contributed by atoms with van der Waals surface area (Å²) in [5.41, 5.74) is -1.55. The van der Waals surface area contributed by atoms with E-state index in [4.69, 9.17) is 0 Å². The molecule has 0 radical (unpaired) electrons. The van der Waals surface area contributed by atoms with Crippen LogP contribution in [0.5, 0.6) is 0 Å². The van der Waals surface area contributed by atoms with Crippen LogP contribution in [0.4, 0.5) is 13.2 Å². The Labute approximate surface area is 163 Å². The normalized spacial score (nSPS) is 15.0. The minimum Gasteiger partial charge on any atom is -0.465 e. The number of alkyl halides is 3. The van der Waals surface area contributed by atoms with Crippen molar-refractivity contribution in [3.63, 3.8) is 0 Å². The molecule has 0 aliphatic heterocycles. The molecular formula is C19H19F3N2O3S. The minimum atomic E-state index is -4.48. The Bertz CT molecular complexity index is 904. The second-order valence-electron chi connectivity index (χ2n) is 6.59. The summed E-state index contributed by atoms with van der Waals surface area (Å²) < 4.78 is 44.3. The zero-order valence-corrected chi connectivity index (χ0v) is 16.0. The molecule has 0 saturated heterocycles. The summed E-state index contributed by atoms with van der Waals surface area (Å²) in [6, 6.07) is 4.20. The van der Waals surface area contributed by atoms with Crippen LogP contribution in [0.3, 0.4) is 0 Å². The van der Waals surface area contributed by atoms with Gasteiger partial charge in [0.05, 0.1) is 24.6 Å². The maximum atomic E-state index is 12.9. The van der Waals surface area contributed by atoms with Crippen molar-refractivity contribution in [1.29, 1.82) is 0 Å². The second kappa shape index (κ2) is 8.38. The molecule has 150 valence electrons. The topological polar surface area (TPSA) is 61.2 Å². The van der Waals surface area contributed by atoms with E-state index in [0.29, 0.717) is 11.1 Å². The molecular weight excluding hydrogens is 393 g/mol. The number of ether oxygens (including phenoxy) is 1. The van der Waals surface area contributed by atoms with E-state index in [1.807, 2.05) is 0 Å². The predicted molar refractivity (Wildman–Crippen MR) is 98.9 cm³/mol. The Balaban J connectivity index is 2.01. The number of aromatic nitrogens is 2.